The highest BCUT2D eigenvalue weighted by Gasteiger charge is 2.33. The molecule has 0 saturated carbocycles. The van der Waals surface area contributed by atoms with Crippen molar-refractivity contribution in [3.8, 4) is 0 Å². The first-order valence-corrected chi connectivity index (χ1v) is 8.27. The van der Waals surface area contributed by atoms with Crippen molar-refractivity contribution in [1.29, 1.82) is 0 Å². The van der Waals surface area contributed by atoms with Crippen molar-refractivity contribution in [1.82, 2.24) is 4.90 Å². The van der Waals surface area contributed by atoms with Gasteiger partial charge < -0.3 is 5.11 Å². The number of unbranched alkanes of at least 4 members (excludes halogenated alkanes) is 1. The Morgan fingerprint density at radius 2 is 1.84 bits per heavy atom. The first-order valence-electron chi connectivity index (χ1n) is 8.27. The molecule has 2 aromatic rings. The number of nitroso groups, excluding NO2 is 1. The number of amides is 2. The van der Waals surface area contributed by atoms with Gasteiger partial charge in [0.15, 0.2) is 0 Å². The Morgan fingerprint density at radius 3 is 2.48 bits per heavy atom. The van der Waals surface area contributed by atoms with Crippen LogP contribution in [0.2, 0.25) is 0 Å². The van der Waals surface area contributed by atoms with Crippen LogP contribution < -0.4 is 5.01 Å². The Balaban J connectivity index is 2.18. The Kier molecular flexibility index (Phi) is 4.76. The maximum absolute atomic E-state index is 12.8. The summed E-state index contributed by atoms with van der Waals surface area (Å²) in [5.41, 5.74) is 1.35. The second-order valence-corrected chi connectivity index (χ2v) is 5.90. The Hall–Kier alpha value is -2.80. The molecular formula is C18H19N3O4. The standard InChI is InChI=1S/C18H19N3O4/c1-2-3-9-20-17(23)13-6-4-5-12-15(21(19-25)10-11-22)8-7-14(16(12)13)18(20)24/h4-8,22H,2-3,9-11H2,1H3. The van der Waals surface area contributed by atoms with E-state index < -0.39 is 0 Å². The van der Waals surface area contributed by atoms with E-state index in [0.29, 0.717) is 34.1 Å². The molecule has 1 aliphatic heterocycles. The summed E-state index contributed by atoms with van der Waals surface area (Å²) in [5.74, 6) is -0.636. The fourth-order valence-electron chi connectivity index (χ4n) is 3.18. The van der Waals surface area contributed by atoms with E-state index in [4.69, 9.17) is 5.11 Å². The number of aliphatic hydroxyl groups excluding tert-OH is 1. The number of carbonyl (C=O) groups is 2. The molecule has 1 aliphatic rings. The monoisotopic (exact) mass is 341 g/mol. The third-order valence-electron chi connectivity index (χ3n) is 4.39. The lowest BCUT2D eigenvalue weighted by Crippen LogP contribution is -2.41. The SMILES string of the molecule is CCCCN1C(=O)c2cccc3c(N(CCO)N=O)ccc(c23)C1=O. The maximum Gasteiger partial charge on any atom is 0.261 e. The predicted molar refractivity (Wildman–Crippen MR) is 94.4 cm³/mol. The van der Waals surface area contributed by atoms with Crippen molar-refractivity contribution < 1.29 is 14.7 Å². The van der Waals surface area contributed by atoms with Gasteiger partial charge >= 0.3 is 0 Å². The second kappa shape index (κ2) is 6.98. The fourth-order valence-corrected chi connectivity index (χ4v) is 3.18. The number of anilines is 1. The molecule has 130 valence electrons. The van der Waals surface area contributed by atoms with Gasteiger partial charge in [0.2, 0.25) is 0 Å². The summed E-state index contributed by atoms with van der Waals surface area (Å²) in [6.07, 6.45) is 1.63. The number of imide groups is 1. The average Bonchev–Trinajstić information content (AvgIpc) is 2.64. The van der Waals surface area contributed by atoms with Crippen molar-refractivity contribution in [2.45, 2.75) is 19.8 Å². The Labute approximate surface area is 144 Å². The van der Waals surface area contributed by atoms with Crippen LogP contribution in [0.25, 0.3) is 10.8 Å². The molecule has 0 aliphatic carbocycles. The van der Waals surface area contributed by atoms with E-state index in [0.717, 1.165) is 17.9 Å². The minimum absolute atomic E-state index is 0.0344. The van der Waals surface area contributed by atoms with Crippen molar-refractivity contribution in [2.24, 2.45) is 5.29 Å². The summed E-state index contributed by atoms with van der Waals surface area (Å²) in [7, 11) is 0. The van der Waals surface area contributed by atoms with Gasteiger partial charge in [0.25, 0.3) is 11.8 Å². The average molecular weight is 341 g/mol. The largest absolute Gasteiger partial charge is 0.394 e. The molecule has 0 saturated heterocycles. The summed E-state index contributed by atoms with van der Waals surface area (Å²) >= 11 is 0. The van der Waals surface area contributed by atoms with E-state index in [2.05, 4.69) is 5.29 Å². The van der Waals surface area contributed by atoms with Crippen LogP contribution >= 0.6 is 0 Å². The predicted octanol–water partition coefficient (Wildman–Crippen LogP) is 2.72. The Morgan fingerprint density at radius 1 is 1.12 bits per heavy atom. The fraction of sp³-hybridized carbons (Fsp3) is 0.333. The summed E-state index contributed by atoms with van der Waals surface area (Å²) in [6.45, 7) is 2.18. The zero-order chi connectivity index (χ0) is 18.0. The van der Waals surface area contributed by atoms with Gasteiger partial charge in [0, 0.05) is 28.4 Å². The number of hydrogen-bond donors (Lipinski definition) is 1. The smallest absolute Gasteiger partial charge is 0.261 e. The van der Waals surface area contributed by atoms with Crippen LogP contribution in [0.5, 0.6) is 0 Å². The quantitative estimate of drug-likeness (QED) is 0.475. The van der Waals surface area contributed by atoms with Crippen molar-refractivity contribution >= 4 is 28.3 Å². The van der Waals surface area contributed by atoms with Crippen LogP contribution in [-0.2, 0) is 0 Å². The molecule has 1 N–H and O–H groups in total. The van der Waals surface area contributed by atoms with Gasteiger partial charge in [-0.25, -0.2) is 5.01 Å². The molecule has 3 rings (SSSR count). The zero-order valence-corrected chi connectivity index (χ0v) is 13.9. The second-order valence-electron chi connectivity index (χ2n) is 5.90. The molecule has 2 amide bonds. The molecule has 0 fully saturated rings. The van der Waals surface area contributed by atoms with Crippen molar-refractivity contribution in [2.75, 3.05) is 24.7 Å². The number of benzene rings is 2. The highest BCUT2D eigenvalue weighted by molar-refractivity contribution is 6.26. The van der Waals surface area contributed by atoms with Gasteiger partial charge in [-0.1, -0.05) is 25.5 Å². The molecule has 0 atom stereocenters. The van der Waals surface area contributed by atoms with Gasteiger partial charge in [-0.2, -0.15) is 0 Å². The zero-order valence-electron chi connectivity index (χ0n) is 13.9. The van der Waals surface area contributed by atoms with E-state index in [1.807, 2.05) is 6.92 Å². The third-order valence-corrected chi connectivity index (χ3v) is 4.39. The lowest BCUT2D eigenvalue weighted by Gasteiger charge is -2.28. The molecule has 0 aromatic heterocycles. The summed E-state index contributed by atoms with van der Waals surface area (Å²) in [4.78, 5) is 37.9. The molecule has 1 heterocycles. The van der Waals surface area contributed by atoms with Crippen LogP contribution in [0.3, 0.4) is 0 Å². The summed E-state index contributed by atoms with van der Waals surface area (Å²) in [6, 6.07) is 8.40. The summed E-state index contributed by atoms with van der Waals surface area (Å²) in [5, 5.41) is 14.3. The first kappa shape index (κ1) is 17.0. The molecule has 7 nitrogen and oxygen atoms in total. The molecule has 7 heteroatoms. The van der Waals surface area contributed by atoms with Crippen molar-refractivity contribution in [3.63, 3.8) is 0 Å². The van der Waals surface area contributed by atoms with E-state index in [9.17, 15) is 14.5 Å². The van der Waals surface area contributed by atoms with Crippen molar-refractivity contribution in [3.05, 3.63) is 46.4 Å². The molecule has 0 spiro atoms. The van der Waals surface area contributed by atoms with Gasteiger partial charge in [-0.05, 0) is 24.6 Å². The number of rotatable bonds is 7. The highest BCUT2D eigenvalue weighted by atomic mass is 16.3. The topological polar surface area (TPSA) is 90.3 Å². The molecule has 2 aromatic carbocycles. The van der Waals surface area contributed by atoms with Crippen LogP contribution in [-0.4, -0.2) is 41.5 Å². The lowest BCUT2D eigenvalue weighted by molar-refractivity contribution is 0.0608. The van der Waals surface area contributed by atoms with Crippen LogP contribution in [0, 0.1) is 4.91 Å². The third kappa shape index (κ3) is 2.76. The van der Waals surface area contributed by atoms with Crippen LogP contribution in [0.4, 0.5) is 5.69 Å². The first-order chi connectivity index (χ1) is 12.1. The molecule has 25 heavy (non-hydrogen) atoms. The summed E-state index contributed by atoms with van der Waals surface area (Å²) < 4.78 is 0. The highest BCUT2D eigenvalue weighted by Crippen LogP contribution is 2.36. The molecule has 0 unspecified atom stereocenters. The Bertz CT molecular complexity index is 827. The number of nitrogens with zero attached hydrogens (tertiary/aromatic N) is 3. The van der Waals surface area contributed by atoms with Gasteiger partial charge in [-0.3, -0.25) is 14.5 Å². The molecule has 0 radical (unpaired) electrons. The normalized spacial score (nSPS) is 13.4. The van der Waals surface area contributed by atoms with Gasteiger partial charge in [-0.15, -0.1) is 4.91 Å². The van der Waals surface area contributed by atoms with Crippen LogP contribution in [0.1, 0.15) is 40.5 Å². The number of hydrogen-bond acceptors (Lipinski definition) is 5. The van der Waals surface area contributed by atoms with E-state index in [-0.39, 0.29) is 25.0 Å². The van der Waals surface area contributed by atoms with Crippen LogP contribution in [0.15, 0.2) is 35.6 Å². The maximum atomic E-state index is 12.8. The van der Waals surface area contributed by atoms with E-state index in [1.165, 1.54) is 4.90 Å². The lowest BCUT2D eigenvalue weighted by atomic mass is 9.92. The number of carbonyl (C=O) groups excluding carboxylic acids is 2. The van der Waals surface area contributed by atoms with E-state index in [1.54, 1.807) is 30.3 Å². The number of aliphatic hydroxyl groups is 1. The minimum atomic E-state index is -0.318. The molecule has 0 bridgehead atoms. The van der Waals surface area contributed by atoms with Gasteiger partial charge in [0.05, 0.1) is 24.1 Å². The minimum Gasteiger partial charge on any atom is -0.394 e. The van der Waals surface area contributed by atoms with Gasteiger partial charge in [0.1, 0.15) is 0 Å². The van der Waals surface area contributed by atoms with E-state index >= 15 is 0 Å². The molecular weight excluding hydrogens is 322 g/mol.